The Bertz CT molecular complexity index is 1330. The van der Waals surface area contributed by atoms with Crippen molar-refractivity contribution in [2.24, 2.45) is 0 Å². The van der Waals surface area contributed by atoms with Gasteiger partial charge in [0.1, 0.15) is 17.7 Å². The first-order valence-corrected chi connectivity index (χ1v) is 10.00. The van der Waals surface area contributed by atoms with Gasteiger partial charge >= 0.3 is 0 Å². The molecule has 0 unspecified atom stereocenters. The van der Waals surface area contributed by atoms with Crippen molar-refractivity contribution in [3.63, 3.8) is 0 Å². The van der Waals surface area contributed by atoms with Crippen molar-refractivity contribution in [1.29, 1.82) is 0 Å². The van der Waals surface area contributed by atoms with Gasteiger partial charge in [-0.15, -0.1) is 0 Å². The molecule has 4 rings (SSSR count). The summed E-state index contributed by atoms with van der Waals surface area (Å²) in [5.41, 5.74) is 3.77. The summed E-state index contributed by atoms with van der Waals surface area (Å²) in [6, 6.07) is 16.3. The number of hydrogen-bond acceptors (Lipinski definition) is 4. The lowest BCUT2D eigenvalue weighted by molar-refractivity contribution is 0.588. The Morgan fingerprint density at radius 3 is 2.71 bits per heavy atom. The van der Waals surface area contributed by atoms with Crippen LogP contribution in [0.1, 0.15) is 11.3 Å². The van der Waals surface area contributed by atoms with E-state index in [0.717, 1.165) is 27.7 Å². The van der Waals surface area contributed by atoms with Crippen LogP contribution in [0.15, 0.2) is 72.0 Å². The Morgan fingerprint density at radius 2 is 1.86 bits per heavy atom. The number of nitrogens with one attached hydrogen (secondary N) is 2. The van der Waals surface area contributed by atoms with Gasteiger partial charge < -0.3 is 4.98 Å². The van der Waals surface area contributed by atoms with Gasteiger partial charge in [0.05, 0.1) is 10.3 Å². The molecule has 2 N–H and O–H groups in total. The molecule has 0 aliphatic heterocycles. The van der Waals surface area contributed by atoms with E-state index in [9.17, 15) is 8.42 Å². The first kappa shape index (κ1) is 17.9. The minimum Gasteiger partial charge on any atom is -0.346 e. The van der Waals surface area contributed by atoms with Gasteiger partial charge in [0.15, 0.2) is 0 Å². The summed E-state index contributed by atoms with van der Waals surface area (Å²) in [6.45, 7) is 0. The molecule has 0 saturated heterocycles. The summed E-state index contributed by atoms with van der Waals surface area (Å²) in [4.78, 5) is 11.7. The normalized spacial score (nSPS) is 11.2. The lowest BCUT2D eigenvalue weighted by Crippen LogP contribution is -2.18. The van der Waals surface area contributed by atoms with E-state index >= 15 is 0 Å². The van der Waals surface area contributed by atoms with Crippen molar-refractivity contribution in [2.75, 3.05) is 7.05 Å². The van der Waals surface area contributed by atoms with Crippen molar-refractivity contribution in [3.05, 3.63) is 78.4 Å². The summed E-state index contributed by atoms with van der Waals surface area (Å²) in [7, 11) is -2.13. The second-order valence-electron chi connectivity index (χ2n) is 5.99. The number of H-pyrrole nitrogens is 1. The summed E-state index contributed by atoms with van der Waals surface area (Å²) in [5.74, 6) is 6.27. The van der Waals surface area contributed by atoms with E-state index < -0.39 is 10.0 Å². The lowest BCUT2D eigenvalue weighted by atomic mass is 10.00. The fourth-order valence-corrected chi connectivity index (χ4v) is 3.67. The van der Waals surface area contributed by atoms with Gasteiger partial charge in [-0.05, 0) is 48.4 Å². The topological polar surface area (TPSA) is 87.7 Å². The number of hydrogen-bond donors (Lipinski definition) is 2. The van der Waals surface area contributed by atoms with E-state index in [4.69, 9.17) is 0 Å². The van der Waals surface area contributed by atoms with Crippen molar-refractivity contribution in [1.82, 2.24) is 19.7 Å². The number of aromatic nitrogens is 3. The van der Waals surface area contributed by atoms with Crippen LogP contribution in [0.5, 0.6) is 0 Å². The molecule has 138 valence electrons. The number of fused-ring (bicyclic) bond motifs is 1. The summed E-state index contributed by atoms with van der Waals surface area (Å²) in [5, 5.41) is 0.856. The summed E-state index contributed by atoms with van der Waals surface area (Å²) >= 11 is 0. The predicted octanol–water partition coefficient (Wildman–Crippen LogP) is 2.93. The van der Waals surface area contributed by atoms with Crippen LogP contribution in [0.25, 0.3) is 22.2 Å². The summed E-state index contributed by atoms with van der Waals surface area (Å²) in [6.07, 6.45) is 3.27. The number of benzene rings is 2. The molecule has 0 radical (unpaired) electrons. The quantitative estimate of drug-likeness (QED) is 0.528. The van der Waals surface area contributed by atoms with E-state index in [1.165, 1.54) is 13.4 Å². The van der Waals surface area contributed by atoms with Crippen LogP contribution >= 0.6 is 0 Å². The molecule has 0 fully saturated rings. The summed E-state index contributed by atoms with van der Waals surface area (Å²) < 4.78 is 26.6. The zero-order valence-corrected chi connectivity index (χ0v) is 15.8. The average Bonchev–Trinajstić information content (AvgIpc) is 3.22. The molecule has 0 atom stereocenters. The highest BCUT2D eigenvalue weighted by molar-refractivity contribution is 7.89. The van der Waals surface area contributed by atoms with Gasteiger partial charge in [0, 0.05) is 11.8 Å². The van der Waals surface area contributed by atoms with Gasteiger partial charge in [-0.25, -0.2) is 23.1 Å². The standard InChI is InChI=1S/C21H16N4O2S/c1-22-28(26,27)17-7-4-6-16(13-17)18-8-3-2-5-15(18)9-10-20-19-11-12-23-21(19)25-14-24-20/h2-8,11-14,22H,1H3,(H,23,24,25). The Labute approximate surface area is 162 Å². The van der Waals surface area contributed by atoms with E-state index in [0.29, 0.717) is 5.69 Å². The largest absolute Gasteiger partial charge is 0.346 e. The maximum Gasteiger partial charge on any atom is 0.240 e. The molecule has 0 aliphatic rings. The zero-order valence-electron chi connectivity index (χ0n) is 15.0. The van der Waals surface area contributed by atoms with Crippen LogP contribution in [0.2, 0.25) is 0 Å². The molecule has 28 heavy (non-hydrogen) atoms. The molecule has 0 aliphatic carbocycles. The number of sulfonamides is 1. The van der Waals surface area contributed by atoms with Crippen LogP contribution in [0.3, 0.4) is 0 Å². The Balaban J connectivity index is 1.80. The van der Waals surface area contributed by atoms with E-state index in [2.05, 4.69) is 31.5 Å². The first-order valence-electron chi connectivity index (χ1n) is 8.51. The molecule has 4 aromatic rings. The SMILES string of the molecule is CNS(=O)(=O)c1cccc(-c2ccccc2C#Cc2ncnc3[nH]ccc23)c1. The van der Waals surface area contributed by atoms with Crippen molar-refractivity contribution >= 4 is 21.1 Å². The molecule has 0 saturated carbocycles. The van der Waals surface area contributed by atoms with Crippen molar-refractivity contribution < 1.29 is 8.42 Å². The van der Waals surface area contributed by atoms with Gasteiger partial charge in [-0.2, -0.15) is 0 Å². The van der Waals surface area contributed by atoms with Crippen LogP contribution < -0.4 is 4.72 Å². The van der Waals surface area contributed by atoms with Gasteiger partial charge in [-0.3, -0.25) is 0 Å². The third kappa shape index (κ3) is 3.39. The minimum absolute atomic E-state index is 0.208. The molecule has 6 nitrogen and oxygen atoms in total. The Morgan fingerprint density at radius 1 is 1.00 bits per heavy atom. The fourth-order valence-electron chi connectivity index (χ4n) is 2.89. The minimum atomic E-state index is -3.52. The second kappa shape index (κ2) is 7.27. The average molecular weight is 388 g/mol. The fraction of sp³-hybridized carbons (Fsp3) is 0.0476. The van der Waals surface area contributed by atoms with Crippen LogP contribution in [0, 0.1) is 11.8 Å². The Hall–Kier alpha value is -3.47. The molecular formula is C21H16N4O2S. The smallest absolute Gasteiger partial charge is 0.240 e. The van der Waals surface area contributed by atoms with Crippen LogP contribution in [0.4, 0.5) is 0 Å². The number of aromatic amines is 1. The second-order valence-corrected chi connectivity index (χ2v) is 7.88. The van der Waals surface area contributed by atoms with E-state index in [1.54, 1.807) is 24.4 Å². The van der Waals surface area contributed by atoms with Gasteiger partial charge in [-0.1, -0.05) is 36.3 Å². The third-order valence-corrected chi connectivity index (χ3v) is 5.73. The third-order valence-electron chi connectivity index (χ3n) is 4.32. The lowest BCUT2D eigenvalue weighted by Gasteiger charge is -2.08. The van der Waals surface area contributed by atoms with E-state index in [1.807, 2.05) is 36.4 Å². The monoisotopic (exact) mass is 388 g/mol. The van der Waals surface area contributed by atoms with Crippen LogP contribution in [-0.2, 0) is 10.0 Å². The molecule has 7 heteroatoms. The molecule has 0 amide bonds. The molecular weight excluding hydrogens is 372 g/mol. The Kier molecular flexibility index (Phi) is 4.65. The molecule has 2 aromatic heterocycles. The molecule has 0 bridgehead atoms. The molecule has 0 spiro atoms. The van der Waals surface area contributed by atoms with E-state index in [-0.39, 0.29) is 4.90 Å². The molecule has 2 heterocycles. The first-order chi connectivity index (χ1) is 13.6. The van der Waals surface area contributed by atoms with Crippen molar-refractivity contribution in [3.8, 4) is 23.0 Å². The number of rotatable bonds is 3. The van der Waals surface area contributed by atoms with Crippen molar-refractivity contribution in [2.45, 2.75) is 4.90 Å². The number of nitrogens with zero attached hydrogens (tertiary/aromatic N) is 2. The van der Waals surface area contributed by atoms with Crippen LogP contribution in [-0.4, -0.2) is 30.4 Å². The zero-order chi connectivity index (χ0) is 19.6. The highest BCUT2D eigenvalue weighted by Gasteiger charge is 2.13. The highest BCUT2D eigenvalue weighted by atomic mass is 32.2. The molecule has 2 aromatic carbocycles. The maximum absolute atomic E-state index is 12.1. The maximum atomic E-state index is 12.1. The highest BCUT2D eigenvalue weighted by Crippen LogP contribution is 2.25. The predicted molar refractivity (Wildman–Crippen MR) is 108 cm³/mol. The van der Waals surface area contributed by atoms with Gasteiger partial charge in [0.2, 0.25) is 10.0 Å². The van der Waals surface area contributed by atoms with Gasteiger partial charge in [0.25, 0.3) is 0 Å².